The third-order valence-electron chi connectivity index (χ3n) is 3.43. The predicted molar refractivity (Wildman–Crippen MR) is 74.8 cm³/mol. The SMILES string of the molecule is COC(=O)C1(O[C@H]2CCN(C(=O)O)C2)C=CC=CC1Br. The number of esters is 1. The van der Waals surface area contributed by atoms with Gasteiger partial charge in [-0.05, 0) is 12.5 Å². The molecule has 6 nitrogen and oxygen atoms in total. The Balaban J connectivity index is 2.14. The van der Waals surface area contributed by atoms with Gasteiger partial charge in [-0.2, -0.15) is 0 Å². The maximum atomic E-state index is 12.1. The molecule has 110 valence electrons. The van der Waals surface area contributed by atoms with Gasteiger partial charge in [0.05, 0.1) is 24.6 Å². The fraction of sp³-hybridized carbons (Fsp3) is 0.538. The van der Waals surface area contributed by atoms with Crippen LogP contribution in [0.3, 0.4) is 0 Å². The van der Waals surface area contributed by atoms with Gasteiger partial charge in [-0.15, -0.1) is 0 Å². The lowest BCUT2D eigenvalue weighted by Crippen LogP contribution is -2.51. The Labute approximate surface area is 125 Å². The molecular weight excluding hydrogens is 330 g/mol. The van der Waals surface area contributed by atoms with Crippen LogP contribution in [0.25, 0.3) is 0 Å². The number of amides is 1. The smallest absolute Gasteiger partial charge is 0.407 e. The van der Waals surface area contributed by atoms with Gasteiger partial charge in [-0.3, -0.25) is 0 Å². The molecule has 0 aromatic rings. The highest BCUT2D eigenvalue weighted by Crippen LogP contribution is 2.33. The molecule has 2 unspecified atom stereocenters. The topological polar surface area (TPSA) is 76.1 Å². The van der Waals surface area contributed by atoms with Crippen LogP contribution in [0.5, 0.6) is 0 Å². The maximum absolute atomic E-state index is 12.1. The molecule has 0 radical (unpaired) electrons. The van der Waals surface area contributed by atoms with Gasteiger partial charge in [-0.1, -0.05) is 34.2 Å². The summed E-state index contributed by atoms with van der Waals surface area (Å²) in [5, 5.41) is 8.95. The van der Waals surface area contributed by atoms with Crippen LogP contribution in [0, 0.1) is 0 Å². The molecule has 0 saturated carbocycles. The van der Waals surface area contributed by atoms with Crippen LogP contribution in [0.15, 0.2) is 24.3 Å². The molecule has 3 atom stereocenters. The lowest BCUT2D eigenvalue weighted by molar-refractivity contribution is -0.167. The van der Waals surface area contributed by atoms with E-state index < -0.39 is 17.7 Å². The highest BCUT2D eigenvalue weighted by atomic mass is 79.9. The van der Waals surface area contributed by atoms with Crippen LogP contribution in [0.4, 0.5) is 4.79 Å². The first-order chi connectivity index (χ1) is 9.49. The van der Waals surface area contributed by atoms with Crippen molar-refractivity contribution in [2.75, 3.05) is 20.2 Å². The van der Waals surface area contributed by atoms with E-state index in [0.717, 1.165) is 0 Å². The Bertz CT molecular complexity index is 464. The summed E-state index contributed by atoms with van der Waals surface area (Å²) in [5.74, 6) is -0.506. The zero-order valence-electron chi connectivity index (χ0n) is 11.0. The van der Waals surface area contributed by atoms with Crippen LogP contribution < -0.4 is 0 Å². The quantitative estimate of drug-likeness (QED) is 0.620. The summed E-state index contributed by atoms with van der Waals surface area (Å²) in [6.07, 6.45) is 6.21. The van der Waals surface area contributed by atoms with Gasteiger partial charge in [0.25, 0.3) is 0 Å². The van der Waals surface area contributed by atoms with Crippen molar-refractivity contribution in [2.45, 2.75) is 23.0 Å². The second-order valence-electron chi connectivity index (χ2n) is 4.69. The van der Waals surface area contributed by atoms with Crippen molar-refractivity contribution < 1.29 is 24.2 Å². The van der Waals surface area contributed by atoms with Crippen LogP contribution in [-0.2, 0) is 14.3 Å². The van der Waals surface area contributed by atoms with Gasteiger partial charge in [0, 0.05) is 6.54 Å². The number of halogens is 1. The molecule has 0 aromatic heterocycles. The van der Waals surface area contributed by atoms with E-state index in [4.69, 9.17) is 14.6 Å². The summed E-state index contributed by atoms with van der Waals surface area (Å²) < 4.78 is 10.8. The second-order valence-corrected chi connectivity index (χ2v) is 5.67. The molecule has 1 fully saturated rings. The average Bonchev–Trinajstić information content (AvgIpc) is 2.89. The van der Waals surface area contributed by atoms with E-state index >= 15 is 0 Å². The number of methoxy groups -OCH3 is 1. The molecule has 20 heavy (non-hydrogen) atoms. The molecule has 0 spiro atoms. The Kier molecular flexibility index (Phi) is 4.49. The molecule has 1 heterocycles. The summed E-state index contributed by atoms with van der Waals surface area (Å²) in [4.78, 5) is 24.0. The van der Waals surface area contributed by atoms with Crippen LogP contribution in [-0.4, -0.2) is 58.8 Å². The van der Waals surface area contributed by atoms with Gasteiger partial charge in [0.15, 0.2) is 5.60 Å². The molecule has 2 aliphatic rings. The first-order valence-electron chi connectivity index (χ1n) is 6.24. The monoisotopic (exact) mass is 345 g/mol. The van der Waals surface area contributed by atoms with Crippen molar-refractivity contribution in [3.05, 3.63) is 24.3 Å². The van der Waals surface area contributed by atoms with Crippen molar-refractivity contribution in [2.24, 2.45) is 0 Å². The van der Waals surface area contributed by atoms with Crippen LogP contribution in [0.2, 0.25) is 0 Å². The summed E-state index contributed by atoms with van der Waals surface area (Å²) >= 11 is 3.41. The fourth-order valence-corrected chi connectivity index (χ4v) is 2.99. The van der Waals surface area contributed by atoms with Gasteiger partial charge in [-0.25, -0.2) is 9.59 Å². The molecule has 0 bridgehead atoms. The van der Waals surface area contributed by atoms with E-state index in [2.05, 4.69) is 15.9 Å². The lowest BCUT2D eigenvalue weighted by atomic mass is 9.94. The number of likely N-dealkylation sites (tertiary alicyclic amines) is 1. The van der Waals surface area contributed by atoms with Gasteiger partial charge < -0.3 is 19.5 Å². The predicted octanol–water partition coefficient (Wildman–Crippen LogP) is 1.56. The molecule has 7 heteroatoms. The zero-order valence-corrected chi connectivity index (χ0v) is 12.6. The largest absolute Gasteiger partial charge is 0.467 e. The molecule has 0 aromatic carbocycles. The third kappa shape index (κ3) is 2.73. The molecule has 1 saturated heterocycles. The summed E-state index contributed by atoms with van der Waals surface area (Å²) in [6.45, 7) is 0.662. The normalized spacial score (nSPS) is 32.4. The van der Waals surface area contributed by atoms with Gasteiger partial charge in [0.2, 0.25) is 0 Å². The summed E-state index contributed by atoms with van der Waals surface area (Å²) in [6, 6.07) is 0. The number of alkyl halides is 1. The zero-order chi connectivity index (χ0) is 14.8. The van der Waals surface area contributed by atoms with Crippen molar-refractivity contribution in [3.8, 4) is 0 Å². The van der Waals surface area contributed by atoms with E-state index in [0.29, 0.717) is 13.0 Å². The molecule has 1 amide bonds. The Morgan fingerprint density at radius 2 is 2.20 bits per heavy atom. The number of nitrogens with zero attached hydrogens (tertiary/aromatic N) is 1. The minimum atomic E-state index is -1.25. The maximum Gasteiger partial charge on any atom is 0.407 e. The van der Waals surface area contributed by atoms with Crippen molar-refractivity contribution in [1.29, 1.82) is 0 Å². The molecule has 1 aliphatic carbocycles. The highest BCUT2D eigenvalue weighted by molar-refractivity contribution is 9.09. The van der Waals surface area contributed by atoms with E-state index in [1.165, 1.54) is 12.0 Å². The fourth-order valence-electron chi connectivity index (χ4n) is 2.36. The second kappa shape index (κ2) is 5.97. The first-order valence-corrected chi connectivity index (χ1v) is 7.15. The number of ether oxygens (including phenoxy) is 2. The number of rotatable bonds is 3. The highest BCUT2D eigenvalue weighted by Gasteiger charge is 2.47. The van der Waals surface area contributed by atoms with Gasteiger partial charge in [0.1, 0.15) is 0 Å². The summed E-state index contributed by atoms with van der Waals surface area (Å²) in [5.41, 5.74) is -1.25. The van der Waals surface area contributed by atoms with E-state index in [-0.39, 0.29) is 17.5 Å². The molecule has 2 rings (SSSR count). The minimum absolute atomic E-state index is 0.255. The van der Waals surface area contributed by atoms with Crippen LogP contribution >= 0.6 is 15.9 Å². The molecule has 1 aliphatic heterocycles. The Morgan fingerprint density at radius 3 is 2.75 bits per heavy atom. The van der Waals surface area contributed by atoms with E-state index in [1.807, 2.05) is 6.08 Å². The number of hydrogen-bond donors (Lipinski definition) is 1. The average molecular weight is 346 g/mol. The number of carboxylic acid groups (broad SMARTS) is 1. The molecular formula is C13H16BrNO5. The first kappa shape index (κ1) is 15.1. The number of carbonyl (C=O) groups excluding carboxylic acids is 1. The Hall–Kier alpha value is -1.34. The van der Waals surface area contributed by atoms with Crippen molar-refractivity contribution in [1.82, 2.24) is 4.90 Å². The third-order valence-corrected chi connectivity index (χ3v) is 4.41. The van der Waals surface area contributed by atoms with Crippen molar-refractivity contribution >= 4 is 28.0 Å². The number of carbonyl (C=O) groups is 2. The van der Waals surface area contributed by atoms with Gasteiger partial charge >= 0.3 is 12.1 Å². The summed E-state index contributed by atoms with van der Waals surface area (Å²) in [7, 11) is 1.30. The lowest BCUT2D eigenvalue weighted by Gasteiger charge is -2.35. The minimum Gasteiger partial charge on any atom is -0.467 e. The number of hydrogen-bond acceptors (Lipinski definition) is 4. The van der Waals surface area contributed by atoms with Crippen LogP contribution in [0.1, 0.15) is 6.42 Å². The Morgan fingerprint density at radius 1 is 1.45 bits per heavy atom. The number of allylic oxidation sites excluding steroid dienone is 2. The standard InChI is InChI=1S/C13H16BrNO5/c1-19-11(16)13(6-3-2-4-10(13)14)20-9-5-7-15(8-9)12(17)18/h2-4,6,9-10H,5,7-8H2,1H3,(H,17,18)/t9-,10?,13?/m0/s1. The molecule has 1 N–H and O–H groups in total. The van der Waals surface area contributed by atoms with E-state index in [9.17, 15) is 9.59 Å². The van der Waals surface area contributed by atoms with Crippen molar-refractivity contribution in [3.63, 3.8) is 0 Å². The van der Waals surface area contributed by atoms with E-state index in [1.54, 1.807) is 18.2 Å².